The van der Waals surface area contributed by atoms with Crippen LogP contribution in [0.3, 0.4) is 0 Å². The van der Waals surface area contributed by atoms with Gasteiger partial charge in [-0.15, -0.1) is 0 Å². The molecule has 5 rings (SSSR count). The van der Waals surface area contributed by atoms with E-state index in [2.05, 4.69) is 5.10 Å². The van der Waals surface area contributed by atoms with Gasteiger partial charge in [0.05, 0.1) is 28.0 Å². The zero-order valence-corrected chi connectivity index (χ0v) is 17.8. The Kier molecular flexibility index (Phi) is 4.95. The maximum Gasteiger partial charge on any atom is 0.165 e. The molecule has 0 radical (unpaired) electrons. The third-order valence-corrected chi connectivity index (χ3v) is 5.80. The monoisotopic (exact) mass is 449 g/mol. The van der Waals surface area contributed by atoms with Crippen LogP contribution in [-0.2, 0) is 0 Å². The summed E-state index contributed by atoms with van der Waals surface area (Å²) >= 11 is 19.2. The average molecular weight is 451 g/mol. The summed E-state index contributed by atoms with van der Waals surface area (Å²) in [5.41, 5.74) is 5.02. The van der Waals surface area contributed by atoms with E-state index in [0.717, 1.165) is 33.5 Å². The number of hydrogen-bond donors (Lipinski definition) is 0. The lowest BCUT2D eigenvalue weighted by Crippen LogP contribution is -1.99. The molecule has 2 heterocycles. The summed E-state index contributed by atoms with van der Waals surface area (Å²) in [6.45, 7) is 0. The lowest BCUT2D eigenvalue weighted by Gasteiger charge is -2.14. The van der Waals surface area contributed by atoms with Crippen molar-refractivity contribution in [2.75, 3.05) is 0 Å². The Morgan fingerprint density at radius 2 is 1.27 bits per heavy atom. The molecule has 146 valence electrons. The molecule has 0 bridgehead atoms. The van der Waals surface area contributed by atoms with E-state index >= 15 is 0 Å². The number of para-hydroxylation sites is 1. The quantitative estimate of drug-likeness (QED) is 0.282. The molecule has 0 aliphatic rings. The second-order valence-corrected chi connectivity index (χ2v) is 8.04. The van der Waals surface area contributed by atoms with E-state index < -0.39 is 0 Å². The Hall–Kier alpha value is -2.85. The van der Waals surface area contributed by atoms with Crippen molar-refractivity contribution in [3.8, 4) is 28.1 Å². The average Bonchev–Trinajstić information content (AvgIpc) is 3.20. The third kappa shape index (κ3) is 3.35. The number of pyridine rings is 1. The molecule has 0 unspecified atom stereocenters. The molecular formula is C24H14Cl3N3. The van der Waals surface area contributed by atoms with Gasteiger partial charge in [0.2, 0.25) is 0 Å². The predicted molar refractivity (Wildman–Crippen MR) is 125 cm³/mol. The zero-order valence-electron chi connectivity index (χ0n) is 15.6. The van der Waals surface area contributed by atoms with Crippen LogP contribution in [0.5, 0.6) is 0 Å². The molecule has 0 spiro atoms. The Bertz CT molecular complexity index is 1340. The minimum absolute atomic E-state index is 0.592. The number of rotatable bonds is 3. The third-order valence-electron chi connectivity index (χ3n) is 4.91. The van der Waals surface area contributed by atoms with Crippen LogP contribution in [0.25, 0.3) is 39.1 Å². The zero-order chi connectivity index (χ0) is 20.7. The first-order chi connectivity index (χ1) is 14.6. The van der Waals surface area contributed by atoms with Gasteiger partial charge in [0, 0.05) is 21.2 Å². The standard InChI is InChI=1S/C24H14Cl3N3/c25-17-10-6-15(7-11-17)21-22(27)20-14-28-30(19-4-2-1-3-5-19)24(20)29-23(21)16-8-12-18(26)13-9-16/h1-14H. The summed E-state index contributed by atoms with van der Waals surface area (Å²) in [4.78, 5) is 5.01. The largest absolute Gasteiger partial charge is 0.227 e. The van der Waals surface area contributed by atoms with E-state index in [-0.39, 0.29) is 0 Å². The van der Waals surface area contributed by atoms with Gasteiger partial charge in [-0.05, 0) is 42.0 Å². The molecule has 0 fully saturated rings. The Balaban J connectivity index is 1.83. The van der Waals surface area contributed by atoms with Gasteiger partial charge in [0.15, 0.2) is 5.65 Å². The molecule has 0 aliphatic heterocycles. The molecule has 0 atom stereocenters. The van der Waals surface area contributed by atoms with Gasteiger partial charge in [-0.25, -0.2) is 9.67 Å². The van der Waals surface area contributed by atoms with Crippen molar-refractivity contribution in [3.63, 3.8) is 0 Å². The van der Waals surface area contributed by atoms with Gasteiger partial charge in [0.25, 0.3) is 0 Å². The smallest absolute Gasteiger partial charge is 0.165 e. The number of benzene rings is 3. The lowest BCUT2D eigenvalue weighted by molar-refractivity contribution is 0.898. The van der Waals surface area contributed by atoms with Crippen LogP contribution in [0, 0.1) is 0 Å². The molecule has 30 heavy (non-hydrogen) atoms. The molecule has 6 heteroatoms. The first-order valence-electron chi connectivity index (χ1n) is 9.26. The summed E-state index contributed by atoms with van der Waals surface area (Å²) in [7, 11) is 0. The maximum atomic E-state index is 6.95. The first kappa shape index (κ1) is 19.1. The molecule has 0 saturated heterocycles. The summed E-state index contributed by atoms with van der Waals surface area (Å²) < 4.78 is 1.80. The van der Waals surface area contributed by atoms with E-state index in [1.165, 1.54) is 0 Å². The Morgan fingerprint density at radius 3 is 1.90 bits per heavy atom. The molecule has 3 aromatic carbocycles. The van der Waals surface area contributed by atoms with Crippen LogP contribution in [-0.4, -0.2) is 14.8 Å². The van der Waals surface area contributed by atoms with Gasteiger partial charge in [-0.2, -0.15) is 5.10 Å². The van der Waals surface area contributed by atoms with Crippen molar-refractivity contribution in [2.24, 2.45) is 0 Å². The normalized spacial score (nSPS) is 11.2. The van der Waals surface area contributed by atoms with Crippen molar-refractivity contribution in [2.45, 2.75) is 0 Å². The topological polar surface area (TPSA) is 30.7 Å². The second-order valence-electron chi connectivity index (χ2n) is 6.79. The fourth-order valence-corrected chi connectivity index (χ4v) is 4.04. The number of fused-ring (bicyclic) bond motifs is 1. The predicted octanol–water partition coefficient (Wildman–Crippen LogP) is 7.71. The van der Waals surface area contributed by atoms with Gasteiger partial charge < -0.3 is 0 Å². The van der Waals surface area contributed by atoms with Gasteiger partial charge in [-0.1, -0.05) is 77.3 Å². The fourth-order valence-electron chi connectivity index (χ4n) is 3.46. The minimum Gasteiger partial charge on any atom is -0.227 e. The highest BCUT2D eigenvalue weighted by Crippen LogP contribution is 2.41. The molecule has 0 aliphatic carbocycles. The molecule has 0 amide bonds. The van der Waals surface area contributed by atoms with Crippen LogP contribution in [0.15, 0.2) is 85.1 Å². The Morgan fingerprint density at radius 1 is 0.667 bits per heavy atom. The van der Waals surface area contributed by atoms with Crippen LogP contribution in [0.2, 0.25) is 15.1 Å². The molecule has 0 N–H and O–H groups in total. The summed E-state index contributed by atoms with van der Waals surface area (Å²) in [6, 6.07) is 25.0. The van der Waals surface area contributed by atoms with Crippen molar-refractivity contribution >= 4 is 45.8 Å². The van der Waals surface area contributed by atoms with Crippen molar-refractivity contribution in [3.05, 3.63) is 100 Å². The fraction of sp³-hybridized carbons (Fsp3) is 0. The van der Waals surface area contributed by atoms with E-state index in [9.17, 15) is 0 Å². The molecule has 0 saturated carbocycles. The minimum atomic E-state index is 0.592. The van der Waals surface area contributed by atoms with Crippen LogP contribution < -0.4 is 0 Å². The van der Waals surface area contributed by atoms with Gasteiger partial charge in [-0.3, -0.25) is 0 Å². The molecule has 5 aromatic rings. The number of halogens is 3. The lowest BCUT2D eigenvalue weighted by atomic mass is 9.98. The maximum absolute atomic E-state index is 6.95. The van der Waals surface area contributed by atoms with Crippen molar-refractivity contribution < 1.29 is 0 Å². The van der Waals surface area contributed by atoms with Crippen molar-refractivity contribution in [1.82, 2.24) is 14.8 Å². The first-order valence-corrected chi connectivity index (χ1v) is 10.4. The van der Waals surface area contributed by atoms with Gasteiger partial charge >= 0.3 is 0 Å². The summed E-state index contributed by atoms with van der Waals surface area (Å²) in [6.07, 6.45) is 1.75. The summed E-state index contributed by atoms with van der Waals surface area (Å²) in [5, 5.41) is 7.25. The number of nitrogens with zero attached hydrogens (tertiary/aromatic N) is 3. The van der Waals surface area contributed by atoms with Crippen LogP contribution in [0.4, 0.5) is 0 Å². The molecule has 2 aromatic heterocycles. The summed E-state index contributed by atoms with van der Waals surface area (Å²) in [5.74, 6) is 0. The second kappa shape index (κ2) is 7.77. The van der Waals surface area contributed by atoms with Crippen molar-refractivity contribution in [1.29, 1.82) is 0 Å². The van der Waals surface area contributed by atoms with Crippen LogP contribution >= 0.6 is 34.8 Å². The van der Waals surface area contributed by atoms with E-state index in [1.807, 2.05) is 78.9 Å². The Labute approximate surface area is 188 Å². The number of hydrogen-bond acceptors (Lipinski definition) is 2. The van der Waals surface area contributed by atoms with Gasteiger partial charge in [0.1, 0.15) is 0 Å². The van der Waals surface area contributed by atoms with E-state index in [0.29, 0.717) is 20.7 Å². The molecule has 3 nitrogen and oxygen atoms in total. The van der Waals surface area contributed by atoms with Crippen LogP contribution in [0.1, 0.15) is 0 Å². The number of aromatic nitrogens is 3. The highest BCUT2D eigenvalue weighted by molar-refractivity contribution is 6.39. The highest BCUT2D eigenvalue weighted by Gasteiger charge is 2.20. The van der Waals surface area contributed by atoms with E-state index in [4.69, 9.17) is 39.8 Å². The van der Waals surface area contributed by atoms with E-state index in [1.54, 1.807) is 10.9 Å². The molecular weight excluding hydrogens is 437 g/mol. The highest BCUT2D eigenvalue weighted by atomic mass is 35.5. The SMILES string of the molecule is Clc1ccc(-c2nc3c(cnn3-c3ccccc3)c(Cl)c2-c2ccc(Cl)cc2)cc1.